The molecule has 0 aromatic heterocycles. The van der Waals surface area contributed by atoms with Gasteiger partial charge in [-0.25, -0.2) is 0 Å². The Morgan fingerprint density at radius 1 is 1.33 bits per heavy atom. The molecule has 1 amide bonds. The van der Waals surface area contributed by atoms with Crippen LogP contribution in [0.5, 0.6) is 0 Å². The predicted molar refractivity (Wildman–Crippen MR) is 87.2 cm³/mol. The predicted octanol–water partition coefficient (Wildman–Crippen LogP) is 2.28. The number of carbonyl (C=O) groups is 1. The van der Waals surface area contributed by atoms with Gasteiger partial charge in [-0.1, -0.05) is 26.0 Å². The zero-order valence-corrected chi connectivity index (χ0v) is 13.1. The Bertz CT molecular complexity index is 452. The summed E-state index contributed by atoms with van der Waals surface area (Å²) in [5.74, 6) is 0.735. The average molecular weight is 289 g/mol. The molecule has 1 aliphatic rings. The Labute approximate surface area is 127 Å². The highest BCUT2D eigenvalue weighted by molar-refractivity contribution is 5.81. The Morgan fingerprint density at radius 2 is 2.00 bits per heavy atom. The SMILES string of the molecule is CC(C)CCNC(=O)CN(c1ccc(CN)cc1)C1CC1. The molecule has 0 saturated heterocycles. The highest BCUT2D eigenvalue weighted by Gasteiger charge is 2.30. The molecule has 21 heavy (non-hydrogen) atoms. The van der Waals surface area contributed by atoms with Gasteiger partial charge in [-0.2, -0.15) is 0 Å². The summed E-state index contributed by atoms with van der Waals surface area (Å²) >= 11 is 0. The highest BCUT2D eigenvalue weighted by atomic mass is 16.2. The number of nitrogens with zero attached hydrogens (tertiary/aromatic N) is 1. The van der Waals surface area contributed by atoms with Gasteiger partial charge in [0.25, 0.3) is 0 Å². The molecule has 1 aromatic carbocycles. The lowest BCUT2D eigenvalue weighted by Gasteiger charge is -2.24. The van der Waals surface area contributed by atoms with Crippen LogP contribution < -0.4 is 16.0 Å². The van der Waals surface area contributed by atoms with Gasteiger partial charge < -0.3 is 16.0 Å². The molecule has 3 N–H and O–H groups in total. The third-order valence-corrected chi connectivity index (χ3v) is 3.85. The van der Waals surface area contributed by atoms with E-state index >= 15 is 0 Å². The lowest BCUT2D eigenvalue weighted by Crippen LogP contribution is -2.39. The molecule has 0 bridgehead atoms. The fraction of sp³-hybridized carbons (Fsp3) is 0.588. The molecule has 1 fully saturated rings. The molecule has 116 valence electrons. The van der Waals surface area contributed by atoms with Crippen LogP contribution in [0.4, 0.5) is 5.69 Å². The van der Waals surface area contributed by atoms with Crippen LogP contribution in [0.25, 0.3) is 0 Å². The Hall–Kier alpha value is -1.55. The molecular formula is C17H27N3O. The van der Waals surface area contributed by atoms with Gasteiger partial charge in [-0.3, -0.25) is 4.79 Å². The molecule has 0 unspecified atom stereocenters. The third kappa shape index (κ3) is 5.05. The first kappa shape index (κ1) is 15.8. The van der Waals surface area contributed by atoms with Crippen LogP contribution >= 0.6 is 0 Å². The largest absolute Gasteiger partial charge is 0.359 e. The van der Waals surface area contributed by atoms with Crippen molar-refractivity contribution < 1.29 is 4.79 Å². The monoisotopic (exact) mass is 289 g/mol. The van der Waals surface area contributed by atoms with Crippen LogP contribution in [0.15, 0.2) is 24.3 Å². The number of carbonyl (C=O) groups excluding carboxylic acids is 1. The minimum absolute atomic E-state index is 0.116. The Balaban J connectivity index is 1.91. The van der Waals surface area contributed by atoms with Gasteiger partial charge >= 0.3 is 0 Å². The van der Waals surface area contributed by atoms with E-state index in [1.165, 1.54) is 12.8 Å². The third-order valence-electron chi connectivity index (χ3n) is 3.85. The van der Waals surface area contributed by atoms with Crippen molar-refractivity contribution in [3.05, 3.63) is 29.8 Å². The van der Waals surface area contributed by atoms with Gasteiger partial charge in [0.15, 0.2) is 0 Å². The first-order valence-corrected chi connectivity index (χ1v) is 7.92. The second-order valence-corrected chi connectivity index (χ2v) is 6.26. The minimum atomic E-state index is 0.116. The zero-order chi connectivity index (χ0) is 15.2. The summed E-state index contributed by atoms with van der Waals surface area (Å²) in [7, 11) is 0. The summed E-state index contributed by atoms with van der Waals surface area (Å²) < 4.78 is 0. The van der Waals surface area contributed by atoms with Crippen molar-refractivity contribution in [3.63, 3.8) is 0 Å². The summed E-state index contributed by atoms with van der Waals surface area (Å²) in [4.78, 5) is 14.3. The van der Waals surface area contributed by atoms with E-state index in [1.807, 2.05) is 12.1 Å². The fourth-order valence-electron chi connectivity index (χ4n) is 2.35. The average Bonchev–Trinajstić information content (AvgIpc) is 3.29. The Morgan fingerprint density at radius 3 is 2.52 bits per heavy atom. The maximum absolute atomic E-state index is 12.1. The number of nitrogens with two attached hydrogens (primary N) is 1. The zero-order valence-electron chi connectivity index (χ0n) is 13.1. The quantitative estimate of drug-likeness (QED) is 0.772. The van der Waals surface area contributed by atoms with Crippen molar-refractivity contribution >= 4 is 11.6 Å². The molecule has 1 aromatic rings. The standard InChI is InChI=1S/C17H27N3O/c1-13(2)9-10-19-17(21)12-20(16-7-8-16)15-5-3-14(11-18)4-6-15/h3-6,13,16H,7-12,18H2,1-2H3,(H,19,21). The number of nitrogens with one attached hydrogen (secondary N) is 1. The molecule has 0 spiro atoms. The van der Waals surface area contributed by atoms with Crippen molar-refractivity contribution in [2.45, 2.75) is 45.7 Å². The maximum Gasteiger partial charge on any atom is 0.239 e. The number of anilines is 1. The van der Waals surface area contributed by atoms with Crippen LogP contribution in [0.2, 0.25) is 0 Å². The smallest absolute Gasteiger partial charge is 0.239 e. The molecule has 4 nitrogen and oxygen atoms in total. The van der Waals surface area contributed by atoms with Crippen LogP contribution in [0.3, 0.4) is 0 Å². The van der Waals surface area contributed by atoms with Crippen molar-refractivity contribution in [2.75, 3.05) is 18.0 Å². The van der Waals surface area contributed by atoms with Crippen LogP contribution in [-0.2, 0) is 11.3 Å². The minimum Gasteiger partial charge on any atom is -0.359 e. The van der Waals surface area contributed by atoms with Crippen LogP contribution in [-0.4, -0.2) is 25.0 Å². The van der Waals surface area contributed by atoms with E-state index in [9.17, 15) is 4.79 Å². The topological polar surface area (TPSA) is 58.4 Å². The summed E-state index contributed by atoms with van der Waals surface area (Å²) in [6.45, 7) is 6.11. The van der Waals surface area contributed by atoms with Gasteiger partial charge in [-0.15, -0.1) is 0 Å². The van der Waals surface area contributed by atoms with E-state index in [2.05, 4.69) is 36.2 Å². The summed E-state index contributed by atoms with van der Waals surface area (Å²) in [5, 5.41) is 3.02. The molecule has 1 aliphatic carbocycles. The van der Waals surface area contributed by atoms with Crippen molar-refractivity contribution in [1.29, 1.82) is 0 Å². The lowest BCUT2D eigenvalue weighted by atomic mass is 10.1. The normalized spacial score (nSPS) is 14.3. The number of amides is 1. The summed E-state index contributed by atoms with van der Waals surface area (Å²) in [6, 6.07) is 8.75. The Kier molecular flexibility index (Phi) is 5.62. The van der Waals surface area contributed by atoms with E-state index in [0.29, 0.717) is 25.0 Å². The molecule has 0 aliphatic heterocycles. The molecule has 4 heteroatoms. The maximum atomic E-state index is 12.1. The van der Waals surface area contributed by atoms with E-state index in [1.54, 1.807) is 0 Å². The molecule has 1 saturated carbocycles. The van der Waals surface area contributed by atoms with Crippen LogP contribution in [0.1, 0.15) is 38.7 Å². The first-order chi connectivity index (χ1) is 10.1. The van der Waals surface area contributed by atoms with Crippen molar-refractivity contribution in [2.24, 2.45) is 11.7 Å². The second-order valence-electron chi connectivity index (χ2n) is 6.26. The number of rotatable bonds is 8. The molecule has 2 rings (SSSR count). The number of benzene rings is 1. The van der Waals surface area contributed by atoms with E-state index in [4.69, 9.17) is 5.73 Å². The van der Waals surface area contributed by atoms with Gasteiger partial charge in [0.2, 0.25) is 5.91 Å². The first-order valence-electron chi connectivity index (χ1n) is 7.92. The summed E-state index contributed by atoms with van der Waals surface area (Å²) in [5.41, 5.74) is 7.87. The lowest BCUT2D eigenvalue weighted by molar-refractivity contribution is -0.119. The summed E-state index contributed by atoms with van der Waals surface area (Å²) in [6.07, 6.45) is 3.39. The van der Waals surface area contributed by atoms with Crippen molar-refractivity contribution in [1.82, 2.24) is 5.32 Å². The van der Waals surface area contributed by atoms with Gasteiger partial charge in [0.05, 0.1) is 6.54 Å². The highest BCUT2D eigenvalue weighted by Crippen LogP contribution is 2.31. The number of hydrogen-bond acceptors (Lipinski definition) is 3. The van der Waals surface area contributed by atoms with Gasteiger partial charge in [0.1, 0.15) is 0 Å². The fourth-order valence-corrected chi connectivity index (χ4v) is 2.35. The van der Waals surface area contributed by atoms with E-state index < -0.39 is 0 Å². The van der Waals surface area contributed by atoms with E-state index in [-0.39, 0.29) is 5.91 Å². The molecule has 0 radical (unpaired) electrons. The molecule has 0 heterocycles. The van der Waals surface area contributed by atoms with Crippen LogP contribution in [0, 0.1) is 5.92 Å². The molecular weight excluding hydrogens is 262 g/mol. The van der Waals surface area contributed by atoms with Crippen molar-refractivity contribution in [3.8, 4) is 0 Å². The van der Waals surface area contributed by atoms with E-state index in [0.717, 1.165) is 24.2 Å². The molecule has 0 atom stereocenters. The van der Waals surface area contributed by atoms with Gasteiger partial charge in [-0.05, 0) is 42.9 Å². The number of hydrogen-bond donors (Lipinski definition) is 2. The second kappa shape index (κ2) is 7.46. The van der Waals surface area contributed by atoms with Gasteiger partial charge in [0, 0.05) is 24.8 Å².